The molecule has 1 atom stereocenters. The fourth-order valence-corrected chi connectivity index (χ4v) is 6.07. The second-order valence-electron chi connectivity index (χ2n) is 10.6. The van der Waals surface area contributed by atoms with Crippen molar-refractivity contribution in [3.8, 4) is 0 Å². The van der Waals surface area contributed by atoms with Crippen LogP contribution in [0.2, 0.25) is 0 Å². The lowest BCUT2D eigenvalue weighted by Crippen LogP contribution is -2.51. The Morgan fingerprint density at radius 1 is 1.03 bits per heavy atom. The summed E-state index contributed by atoms with van der Waals surface area (Å²) in [6, 6.07) is 8.93. The first kappa shape index (κ1) is 23.9. The average Bonchev–Trinajstić information content (AvgIpc) is 3.73. The van der Waals surface area contributed by atoms with Crippen LogP contribution in [0.1, 0.15) is 58.6 Å². The molecule has 1 aromatic heterocycles. The van der Waals surface area contributed by atoms with E-state index in [1.54, 1.807) is 24.3 Å². The summed E-state index contributed by atoms with van der Waals surface area (Å²) in [5, 5.41) is 5.30. The lowest BCUT2D eigenvalue weighted by atomic mass is 9.74. The Labute approximate surface area is 216 Å². The minimum Gasteiger partial charge on any atom is -0.381 e. The molecule has 2 aromatic rings. The number of carbonyl (C=O) groups excluding carboxylic acids is 3. The standard InChI is InChI=1S/C28H33N5O4/c1-18-16-21(19-2-3-19)17-29-24(18)32-10-12-33(13-11-32)25(34)20-4-6-22(7-5-20)28(23-8-14-37-15-9-23)26(35)30-27(36)31-28/h4-7,16-17,19,23H,2-3,8-15H2,1H3,(H2,30,31,35,36). The molecule has 0 spiro atoms. The molecule has 9 heteroatoms. The minimum atomic E-state index is -1.13. The number of urea groups is 1. The van der Waals surface area contributed by atoms with E-state index in [2.05, 4.69) is 28.5 Å². The summed E-state index contributed by atoms with van der Waals surface area (Å²) in [5.74, 6) is 1.26. The molecule has 4 amide bonds. The van der Waals surface area contributed by atoms with Crippen molar-refractivity contribution in [2.75, 3.05) is 44.3 Å². The van der Waals surface area contributed by atoms with Crippen LogP contribution in [0, 0.1) is 12.8 Å². The summed E-state index contributed by atoms with van der Waals surface area (Å²) in [4.78, 5) is 47.3. The molecule has 9 nitrogen and oxygen atoms in total. The molecule has 4 fully saturated rings. The molecule has 3 aliphatic heterocycles. The number of anilines is 1. The molecule has 2 N–H and O–H groups in total. The smallest absolute Gasteiger partial charge is 0.322 e. The highest BCUT2D eigenvalue weighted by Gasteiger charge is 2.53. The lowest BCUT2D eigenvalue weighted by molar-refractivity contribution is -0.127. The maximum atomic E-state index is 13.3. The zero-order valence-corrected chi connectivity index (χ0v) is 21.2. The van der Waals surface area contributed by atoms with Crippen LogP contribution in [0.3, 0.4) is 0 Å². The minimum absolute atomic E-state index is 0.0278. The van der Waals surface area contributed by atoms with Gasteiger partial charge in [0, 0.05) is 51.2 Å². The van der Waals surface area contributed by atoms with Crippen LogP contribution in [0.5, 0.6) is 0 Å². The number of pyridine rings is 1. The molecular weight excluding hydrogens is 470 g/mol. The van der Waals surface area contributed by atoms with E-state index in [4.69, 9.17) is 9.72 Å². The molecule has 3 saturated heterocycles. The number of carbonyl (C=O) groups is 3. The monoisotopic (exact) mass is 503 g/mol. The number of aromatic nitrogens is 1. The van der Waals surface area contributed by atoms with Crippen LogP contribution < -0.4 is 15.5 Å². The summed E-state index contributed by atoms with van der Waals surface area (Å²) in [5.41, 5.74) is 2.68. The number of hydrogen-bond acceptors (Lipinski definition) is 6. The number of amides is 4. The molecule has 1 aliphatic carbocycles. The Balaban J connectivity index is 1.14. The van der Waals surface area contributed by atoms with Crippen molar-refractivity contribution >= 4 is 23.7 Å². The summed E-state index contributed by atoms with van der Waals surface area (Å²) in [6.45, 7) is 5.94. The zero-order valence-electron chi connectivity index (χ0n) is 21.2. The number of nitrogens with zero attached hydrogens (tertiary/aromatic N) is 3. The van der Waals surface area contributed by atoms with E-state index in [1.807, 2.05) is 11.1 Å². The first-order valence-electron chi connectivity index (χ1n) is 13.3. The molecule has 1 aromatic carbocycles. The topological polar surface area (TPSA) is 104 Å². The van der Waals surface area contributed by atoms with E-state index in [-0.39, 0.29) is 17.7 Å². The molecule has 194 valence electrons. The van der Waals surface area contributed by atoms with E-state index in [0.717, 1.165) is 18.9 Å². The summed E-state index contributed by atoms with van der Waals surface area (Å²) in [6.07, 6.45) is 5.90. The van der Waals surface area contributed by atoms with Gasteiger partial charge in [-0.2, -0.15) is 0 Å². The number of benzene rings is 1. The number of ether oxygens (including phenoxy) is 1. The largest absolute Gasteiger partial charge is 0.381 e. The first-order valence-corrected chi connectivity index (χ1v) is 13.3. The molecule has 6 rings (SSSR count). The SMILES string of the molecule is Cc1cc(C2CC2)cnc1N1CCN(C(=O)c2ccc(C3(C4CCOCC4)NC(=O)NC3=O)cc2)CC1. The van der Waals surface area contributed by atoms with Gasteiger partial charge in [-0.1, -0.05) is 18.2 Å². The van der Waals surface area contributed by atoms with Crippen LogP contribution in [-0.2, 0) is 15.1 Å². The van der Waals surface area contributed by atoms with Gasteiger partial charge < -0.3 is 19.9 Å². The second kappa shape index (κ2) is 9.45. The van der Waals surface area contributed by atoms with E-state index in [1.165, 1.54) is 24.0 Å². The van der Waals surface area contributed by atoms with Crippen LogP contribution in [0.25, 0.3) is 0 Å². The first-order chi connectivity index (χ1) is 18.0. The molecule has 1 unspecified atom stereocenters. The van der Waals surface area contributed by atoms with Gasteiger partial charge in [-0.15, -0.1) is 0 Å². The molecule has 37 heavy (non-hydrogen) atoms. The maximum Gasteiger partial charge on any atom is 0.322 e. The molecule has 4 heterocycles. The van der Waals surface area contributed by atoms with Gasteiger partial charge in [0.2, 0.25) is 0 Å². The third-order valence-electron chi connectivity index (χ3n) is 8.30. The van der Waals surface area contributed by atoms with Crippen molar-refractivity contribution in [1.29, 1.82) is 0 Å². The van der Waals surface area contributed by atoms with Crippen LogP contribution in [-0.4, -0.2) is 67.1 Å². The third-order valence-corrected chi connectivity index (χ3v) is 8.30. The fraction of sp³-hybridized carbons (Fsp3) is 0.500. The van der Waals surface area contributed by atoms with Crippen LogP contribution in [0.15, 0.2) is 36.5 Å². The van der Waals surface area contributed by atoms with Gasteiger partial charge in [0.15, 0.2) is 0 Å². The average molecular weight is 504 g/mol. The van der Waals surface area contributed by atoms with Gasteiger partial charge in [-0.05, 0) is 73.3 Å². The van der Waals surface area contributed by atoms with Crippen molar-refractivity contribution in [2.45, 2.75) is 44.1 Å². The van der Waals surface area contributed by atoms with Gasteiger partial charge in [0.25, 0.3) is 11.8 Å². The Bertz CT molecular complexity index is 1210. The number of nitrogens with one attached hydrogen (secondary N) is 2. The predicted molar refractivity (Wildman–Crippen MR) is 137 cm³/mol. The van der Waals surface area contributed by atoms with Crippen molar-refractivity contribution < 1.29 is 19.1 Å². The van der Waals surface area contributed by atoms with Gasteiger partial charge in [-0.3, -0.25) is 14.9 Å². The second-order valence-corrected chi connectivity index (χ2v) is 10.6. The van der Waals surface area contributed by atoms with Gasteiger partial charge >= 0.3 is 6.03 Å². The lowest BCUT2D eigenvalue weighted by Gasteiger charge is -2.38. The van der Waals surface area contributed by atoms with Gasteiger partial charge in [-0.25, -0.2) is 9.78 Å². The van der Waals surface area contributed by atoms with Crippen LogP contribution >= 0.6 is 0 Å². The normalized spacial score (nSPS) is 24.7. The Morgan fingerprint density at radius 2 is 1.73 bits per heavy atom. The Morgan fingerprint density at radius 3 is 2.32 bits per heavy atom. The quantitative estimate of drug-likeness (QED) is 0.608. The molecule has 0 radical (unpaired) electrons. The number of aryl methyl sites for hydroxylation is 1. The highest BCUT2D eigenvalue weighted by molar-refractivity contribution is 6.07. The van der Waals surface area contributed by atoms with Gasteiger partial charge in [0.05, 0.1) is 0 Å². The Kier molecular flexibility index (Phi) is 6.10. The highest BCUT2D eigenvalue weighted by atomic mass is 16.5. The molecule has 1 saturated carbocycles. The van der Waals surface area contributed by atoms with Crippen molar-refractivity contribution in [2.24, 2.45) is 5.92 Å². The highest BCUT2D eigenvalue weighted by Crippen LogP contribution is 2.41. The summed E-state index contributed by atoms with van der Waals surface area (Å²) in [7, 11) is 0. The van der Waals surface area contributed by atoms with E-state index >= 15 is 0 Å². The van der Waals surface area contributed by atoms with Crippen molar-refractivity contribution in [3.05, 3.63) is 58.8 Å². The van der Waals surface area contributed by atoms with Gasteiger partial charge in [0.1, 0.15) is 11.4 Å². The summed E-state index contributed by atoms with van der Waals surface area (Å²) >= 11 is 0. The summed E-state index contributed by atoms with van der Waals surface area (Å²) < 4.78 is 5.48. The fourth-order valence-electron chi connectivity index (χ4n) is 6.07. The molecular formula is C28H33N5O4. The van der Waals surface area contributed by atoms with E-state index < -0.39 is 11.6 Å². The number of rotatable bonds is 5. The third kappa shape index (κ3) is 4.35. The van der Waals surface area contributed by atoms with E-state index in [0.29, 0.717) is 56.2 Å². The predicted octanol–water partition coefficient (Wildman–Crippen LogP) is 2.69. The van der Waals surface area contributed by atoms with Crippen molar-refractivity contribution in [3.63, 3.8) is 0 Å². The maximum absolute atomic E-state index is 13.3. The van der Waals surface area contributed by atoms with E-state index in [9.17, 15) is 14.4 Å². The number of imide groups is 1. The van der Waals surface area contributed by atoms with Crippen LogP contribution in [0.4, 0.5) is 10.6 Å². The number of piperazine rings is 1. The van der Waals surface area contributed by atoms with Crippen molar-refractivity contribution in [1.82, 2.24) is 20.5 Å². The molecule has 4 aliphatic rings. The molecule has 0 bridgehead atoms. The number of hydrogen-bond donors (Lipinski definition) is 2. The Hall–Kier alpha value is -3.46. The zero-order chi connectivity index (χ0) is 25.6.